The lowest BCUT2D eigenvalue weighted by molar-refractivity contribution is 0.634. The fourth-order valence-electron chi connectivity index (χ4n) is 1.93. The third-order valence-electron chi connectivity index (χ3n) is 2.75. The summed E-state index contributed by atoms with van der Waals surface area (Å²) in [5.41, 5.74) is 7.76. The topological polar surface area (TPSA) is 26.0 Å². The third-order valence-corrected chi connectivity index (χ3v) is 3.85. The standard InChI is InChI=1S/C12H20FNS/c1-4-6-10-11(8(3)7-14)9(5-2)12(13)15-10/h8H,4-7,14H2,1-3H3. The SMILES string of the molecule is CCCc1sc(F)c(CC)c1C(C)CN. The van der Waals surface area contributed by atoms with Crippen LogP contribution in [0.1, 0.15) is 49.1 Å². The largest absolute Gasteiger partial charge is 0.330 e. The first-order valence-electron chi connectivity index (χ1n) is 5.65. The number of rotatable bonds is 5. The number of halogens is 1. The smallest absolute Gasteiger partial charge is 0.180 e. The second kappa shape index (κ2) is 5.61. The molecule has 0 aromatic carbocycles. The molecule has 2 N–H and O–H groups in total. The van der Waals surface area contributed by atoms with Crippen LogP contribution in [0.5, 0.6) is 0 Å². The predicted octanol–water partition coefficient (Wildman–Crippen LogP) is 3.46. The highest BCUT2D eigenvalue weighted by atomic mass is 32.1. The molecule has 1 atom stereocenters. The quantitative estimate of drug-likeness (QED) is 0.822. The minimum absolute atomic E-state index is 0.00347. The Morgan fingerprint density at radius 1 is 1.40 bits per heavy atom. The first-order valence-corrected chi connectivity index (χ1v) is 6.47. The predicted molar refractivity (Wildman–Crippen MR) is 65.1 cm³/mol. The summed E-state index contributed by atoms with van der Waals surface area (Å²) in [4.78, 5) is 1.20. The van der Waals surface area contributed by atoms with Crippen LogP contribution in [0.25, 0.3) is 0 Å². The van der Waals surface area contributed by atoms with E-state index in [1.54, 1.807) is 0 Å². The van der Waals surface area contributed by atoms with Crippen molar-refractivity contribution in [3.05, 3.63) is 21.1 Å². The van der Waals surface area contributed by atoms with Crippen molar-refractivity contribution in [3.63, 3.8) is 0 Å². The number of thiophene rings is 1. The Morgan fingerprint density at radius 3 is 2.53 bits per heavy atom. The van der Waals surface area contributed by atoms with E-state index < -0.39 is 0 Å². The van der Waals surface area contributed by atoms with Crippen molar-refractivity contribution < 1.29 is 4.39 Å². The maximum atomic E-state index is 13.7. The van der Waals surface area contributed by atoms with Crippen molar-refractivity contribution in [2.24, 2.45) is 5.73 Å². The van der Waals surface area contributed by atoms with Crippen LogP contribution in [0.4, 0.5) is 4.39 Å². The summed E-state index contributed by atoms with van der Waals surface area (Å²) < 4.78 is 13.7. The van der Waals surface area contributed by atoms with E-state index in [0.717, 1.165) is 24.8 Å². The van der Waals surface area contributed by atoms with Crippen molar-refractivity contribution in [3.8, 4) is 0 Å². The monoisotopic (exact) mass is 229 g/mol. The Labute approximate surface area is 95.5 Å². The fraction of sp³-hybridized carbons (Fsp3) is 0.667. The van der Waals surface area contributed by atoms with Gasteiger partial charge in [-0.3, -0.25) is 0 Å². The first kappa shape index (κ1) is 12.7. The van der Waals surface area contributed by atoms with Crippen molar-refractivity contribution in [1.82, 2.24) is 0 Å². The van der Waals surface area contributed by atoms with Gasteiger partial charge >= 0.3 is 0 Å². The molecule has 1 heterocycles. The molecule has 0 bridgehead atoms. The molecule has 1 unspecified atom stereocenters. The summed E-state index contributed by atoms with van der Waals surface area (Å²) in [7, 11) is 0. The van der Waals surface area contributed by atoms with Crippen LogP contribution in [-0.4, -0.2) is 6.54 Å². The van der Waals surface area contributed by atoms with E-state index in [-0.39, 0.29) is 11.0 Å². The zero-order chi connectivity index (χ0) is 11.4. The van der Waals surface area contributed by atoms with Gasteiger partial charge in [-0.2, -0.15) is 4.39 Å². The molecule has 86 valence electrons. The van der Waals surface area contributed by atoms with Gasteiger partial charge in [-0.25, -0.2) is 0 Å². The molecule has 0 aliphatic heterocycles. The Bertz CT molecular complexity index is 320. The minimum atomic E-state index is -0.00347. The summed E-state index contributed by atoms with van der Waals surface area (Å²) in [5, 5.41) is -0.00347. The fourth-order valence-corrected chi connectivity index (χ4v) is 3.27. The van der Waals surface area contributed by atoms with Crippen molar-refractivity contribution >= 4 is 11.3 Å². The van der Waals surface area contributed by atoms with Crippen LogP contribution in [0.2, 0.25) is 0 Å². The van der Waals surface area contributed by atoms with Crippen molar-refractivity contribution in [1.29, 1.82) is 0 Å². The van der Waals surface area contributed by atoms with Crippen LogP contribution in [0.15, 0.2) is 0 Å². The first-order chi connectivity index (χ1) is 7.15. The van der Waals surface area contributed by atoms with E-state index in [1.807, 2.05) is 6.92 Å². The van der Waals surface area contributed by atoms with Gasteiger partial charge in [-0.05, 0) is 30.9 Å². The number of hydrogen-bond acceptors (Lipinski definition) is 2. The summed E-state index contributed by atoms with van der Waals surface area (Å²) in [6.07, 6.45) is 2.81. The van der Waals surface area contributed by atoms with E-state index in [9.17, 15) is 4.39 Å². The molecule has 1 aromatic rings. The van der Waals surface area contributed by atoms with E-state index in [2.05, 4.69) is 13.8 Å². The van der Waals surface area contributed by atoms with Gasteiger partial charge < -0.3 is 5.73 Å². The van der Waals surface area contributed by atoms with Gasteiger partial charge in [0, 0.05) is 10.4 Å². The average Bonchev–Trinajstić information content (AvgIpc) is 2.54. The molecule has 0 fully saturated rings. The van der Waals surface area contributed by atoms with Gasteiger partial charge in [-0.1, -0.05) is 27.2 Å². The number of nitrogens with two attached hydrogens (primary N) is 1. The number of hydrogen-bond donors (Lipinski definition) is 1. The molecule has 0 radical (unpaired) electrons. The molecule has 0 saturated heterocycles. The molecule has 0 saturated carbocycles. The average molecular weight is 229 g/mol. The van der Waals surface area contributed by atoms with Gasteiger partial charge in [0.05, 0.1) is 0 Å². The lowest BCUT2D eigenvalue weighted by atomic mass is 9.95. The molecule has 1 rings (SSSR count). The van der Waals surface area contributed by atoms with E-state index in [4.69, 9.17) is 5.73 Å². The highest BCUT2D eigenvalue weighted by molar-refractivity contribution is 7.10. The van der Waals surface area contributed by atoms with E-state index in [0.29, 0.717) is 6.54 Å². The van der Waals surface area contributed by atoms with E-state index in [1.165, 1.54) is 21.8 Å². The molecule has 1 nitrogen and oxygen atoms in total. The van der Waals surface area contributed by atoms with Crippen LogP contribution in [0, 0.1) is 5.13 Å². The van der Waals surface area contributed by atoms with Gasteiger partial charge in [0.15, 0.2) is 5.13 Å². The highest BCUT2D eigenvalue weighted by Gasteiger charge is 2.20. The van der Waals surface area contributed by atoms with Crippen LogP contribution < -0.4 is 5.73 Å². The summed E-state index contributed by atoms with van der Waals surface area (Å²) in [6, 6.07) is 0. The lowest BCUT2D eigenvalue weighted by Crippen LogP contribution is -2.11. The zero-order valence-corrected chi connectivity index (χ0v) is 10.6. The van der Waals surface area contributed by atoms with Gasteiger partial charge in [0.1, 0.15) is 0 Å². The maximum absolute atomic E-state index is 13.7. The molecular formula is C12H20FNS. The highest BCUT2D eigenvalue weighted by Crippen LogP contribution is 2.33. The third kappa shape index (κ3) is 2.58. The summed E-state index contributed by atoms with van der Waals surface area (Å²) in [5.74, 6) is 0.280. The summed E-state index contributed by atoms with van der Waals surface area (Å²) in [6.45, 7) is 6.81. The lowest BCUT2D eigenvalue weighted by Gasteiger charge is -2.12. The zero-order valence-electron chi connectivity index (χ0n) is 9.77. The van der Waals surface area contributed by atoms with Crippen molar-refractivity contribution in [2.45, 2.75) is 46.0 Å². The molecule has 3 heteroatoms. The van der Waals surface area contributed by atoms with Crippen LogP contribution in [0.3, 0.4) is 0 Å². The second-order valence-electron chi connectivity index (χ2n) is 3.93. The normalized spacial score (nSPS) is 13.1. The molecule has 0 aliphatic rings. The molecule has 0 aliphatic carbocycles. The Hall–Kier alpha value is -0.410. The molecule has 0 amide bonds. The summed E-state index contributed by atoms with van der Waals surface area (Å²) >= 11 is 1.31. The van der Waals surface area contributed by atoms with Crippen LogP contribution >= 0.6 is 11.3 Å². The van der Waals surface area contributed by atoms with Crippen molar-refractivity contribution in [2.75, 3.05) is 6.54 Å². The Balaban J connectivity index is 3.15. The Kier molecular flexibility index (Phi) is 4.74. The Morgan fingerprint density at radius 2 is 2.07 bits per heavy atom. The molecule has 15 heavy (non-hydrogen) atoms. The van der Waals surface area contributed by atoms with Crippen LogP contribution in [-0.2, 0) is 12.8 Å². The molecular weight excluding hydrogens is 209 g/mol. The molecule has 1 aromatic heterocycles. The van der Waals surface area contributed by atoms with E-state index >= 15 is 0 Å². The minimum Gasteiger partial charge on any atom is -0.330 e. The number of aryl methyl sites for hydroxylation is 1. The second-order valence-corrected chi connectivity index (χ2v) is 4.99. The van der Waals surface area contributed by atoms with Gasteiger partial charge in [0.25, 0.3) is 0 Å². The maximum Gasteiger partial charge on any atom is 0.180 e. The van der Waals surface area contributed by atoms with Gasteiger partial charge in [0.2, 0.25) is 0 Å². The molecule has 0 spiro atoms. The van der Waals surface area contributed by atoms with Gasteiger partial charge in [-0.15, -0.1) is 11.3 Å².